The van der Waals surface area contributed by atoms with Crippen LogP contribution in [-0.2, 0) is 0 Å². The third-order valence-corrected chi connectivity index (χ3v) is 11.7. The van der Waals surface area contributed by atoms with E-state index in [0.29, 0.717) is 0 Å². The van der Waals surface area contributed by atoms with E-state index in [1.165, 1.54) is 94.9 Å². The summed E-state index contributed by atoms with van der Waals surface area (Å²) in [6.07, 6.45) is 0. The van der Waals surface area contributed by atoms with Crippen LogP contribution in [0.15, 0.2) is 146 Å². The van der Waals surface area contributed by atoms with E-state index >= 15 is 0 Å². The van der Waals surface area contributed by atoms with Crippen molar-refractivity contribution < 1.29 is 0 Å². The highest BCUT2D eigenvalue weighted by Crippen LogP contribution is 2.44. The number of fused-ring (bicyclic) bond motifs is 12. The van der Waals surface area contributed by atoms with Gasteiger partial charge in [-0.1, -0.05) is 121 Å². The highest BCUT2D eigenvalue weighted by molar-refractivity contribution is 7.26. The summed E-state index contributed by atoms with van der Waals surface area (Å²) in [6, 6.07) is 54.1. The van der Waals surface area contributed by atoms with Gasteiger partial charge in [0.25, 0.3) is 0 Å². The zero-order valence-corrected chi connectivity index (χ0v) is 25.3. The molecule has 0 amide bonds. The van der Waals surface area contributed by atoms with Crippen LogP contribution in [0, 0.1) is 0 Å². The highest BCUT2D eigenvalue weighted by Gasteiger charge is 2.15. The van der Waals surface area contributed by atoms with Crippen LogP contribution in [0.3, 0.4) is 0 Å². The van der Waals surface area contributed by atoms with E-state index in [1.807, 2.05) is 22.7 Å². The molecule has 0 N–H and O–H groups in total. The monoisotopic (exact) mass is 592 g/mol. The van der Waals surface area contributed by atoms with Crippen molar-refractivity contribution in [3.63, 3.8) is 0 Å². The molecule has 0 aliphatic heterocycles. The summed E-state index contributed by atoms with van der Waals surface area (Å²) in [7, 11) is 0. The van der Waals surface area contributed by atoms with Crippen LogP contribution in [0.5, 0.6) is 0 Å². The molecule has 2 aromatic heterocycles. The van der Waals surface area contributed by atoms with Gasteiger partial charge < -0.3 is 0 Å². The molecule has 0 radical (unpaired) electrons. The molecule has 2 heteroatoms. The van der Waals surface area contributed by atoms with Crippen LogP contribution in [0.4, 0.5) is 0 Å². The molecule has 0 saturated heterocycles. The van der Waals surface area contributed by atoms with Crippen molar-refractivity contribution >= 4 is 95.3 Å². The third kappa shape index (κ3) is 3.44. The molecular formula is C42H24S2. The Morgan fingerprint density at radius 2 is 0.659 bits per heavy atom. The molecule has 10 aromatic rings. The van der Waals surface area contributed by atoms with E-state index < -0.39 is 0 Å². The Morgan fingerprint density at radius 1 is 0.273 bits per heavy atom. The molecule has 10 rings (SSSR count). The lowest BCUT2D eigenvalue weighted by Gasteiger charge is -2.14. The third-order valence-electron chi connectivity index (χ3n) is 9.27. The number of hydrogen-bond donors (Lipinski definition) is 0. The molecule has 0 fully saturated rings. The smallest absolute Gasteiger partial charge is 0.0433 e. The Kier molecular flexibility index (Phi) is 5.13. The lowest BCUT2D eigenvalue weighted by Crippen LogP contribution is -1.87. The minimum atomic E-state index is 1.27. The van der Waals surface area contributed by atoms with Crippen LogP contribution in [0.2, 0.25) is 0 Å². The van der Waals surface area contributed by atoms with Crippen molar-refractivity contribution in [2.24, 2.45) is 0 Å². The van der Waals surface area contributed by atoms with Crippen LogP contribution in [0.1, 0.15) is 0 Å². The molecule has 0 unspecified atom stereocenters. The zero-order valence-electron chi connectivity index (χ0n) is 23.7. The summed E-state index contributed by atoms with van der Waals surface area (Å²) in [4.78, 5) is 0. The lowest BCUT2D eigenvalue weighted by atomic mass is 9.90. The second-order valence-corrected chi connectivity index (χ2v) is 13.7. The molecule has 0 aliphatic rings. The van der Waals surface area contributed by atoms with E-state index in [4.69, 9.17) is 0 Å². The van der Waals surface area contributed by atoms with Crippen molar-refractivity contribution in [2.45, 2.75) is 0 Å². The molecule has 0 nitrogen and oxygen atoms in total. The standard InChI is InChI=1S/C42H24S2/c1-2-10-30-29(9-1)37-23-25(27-13-7-15-35-33-11-3-5-17-39(33)43-41(27)35)19-21-31(37)32-22-20-26(24-38(30)32)28-14-8-16-36-34-12-4-6-18-40(34)44-42(28)36/h1-24H. The van der Waals surface area contributed by atoms with Gasteiger partial charge in [0.15, 0.2) is 0 Å². The summed E-state index contributed by atoms with van der Waals surface area (Å²) in [5, 5.41) is 13.2. The second kappa shape index (κ2) is 9.24. The maximum Gasteiger partial charge on any atom is 0.0433 e. The largest absolute Gasteiger partial charge is 0.135 e. The molecule has 0 spiro atoms. The van der Waals surface area contributed by atoms with E-state index in [-0.39, 0.29) is 0 Å². The molecule has 0 saturated carbocycles. The van der Waals surface area contributed by atoms with Crippen molar-refractivity contribution in [1.82, 2.24) is 0 Å². The number of hydrogen-bond acceptors (Lipinski definition) is 2. The lowest BCUT2D eigenvalue weighted by molar-refractivity contribution is 1.71. The summed E-state index contributed by atoms with van der Waals surface area (Å²) in [5.41, 5.74) is 5.16. The average Bonchev–Trinajstić information content (AvgIpc) is 3.67. The van der Waals surface area contributed by atoms with Gasteiger partial charge in [0.1, 0.15) is 0 Å². The summed E-state index contributed by atoms with van der Waals surface area (Å²) in [6.45, 7) is 0. The predicted molar refractivity (Wildman–Crippen MR) is 196 cm³/mol. The van der Waals surface area contributed by atoms with Gasteiger partial charge in [0.05, 0.1) is 0 Å². The quantitative estimate of drug-likeness (QED) is 0.175. The molecule has 0 atom stereocenters. The van der Waals surface area contributed by atoms with Gasteiger partial charge in [-0.3, -0.25) is 0 Å². The fourth-order valence-electron chi connectivity index (χ4n) is 7.24. The number of rotatable bonds is 2. The van der Waals surface area contributed by atoms with Gasteiger partial charge in [0, 0.05) is 40.3 Å². The van der Waals surface area contributed by atoms with E-state index in [1.54, 1.807) is 0 Å². The van der Waals surface area contributed by atoms with Crippen molar-refractivity contribution in [1.29, 1.82) is 0 Å². The minimum Gasteiger partial charge on any atom is -0.135 e. The second-order valence-electron chi connectivity index (χ2n) is 11.6. The van der Waals surface area contributed by atoms with Gasteiger partial charge in [-0.05, 0) is 78.8 Å². The van der Waals surface area contributed by atoms with Crippen molar-refractivity contribution in [2.75, 3.05) is 0 Å². The Bertz CT molecular complexity index is 2560. The van der Waals surface area contributed by atoms with Gasteiger partial charge in [-0.15, -0.1) is 22.7 Å². The summed E-state index contributed by atoms with van der Waals surface area (Å²) in [5.74, 6) is 0. The minimum absolute atomic E-state index is 1.27. The molecular weight excluding hydrogens is 569 g/mol. The molecule has 0 bridgehead atoms. The Hall–Kier alpha value is -5.02. The Balaban J connectivity index is 1.22. The first-order valence-electron chi connectivity index (χ1n) is 15.0. The summed E-state index contributed by atoms with van der Waals surface area (Å²) < 4.78 is 5.40. The first-order valence-corrected chi connectivity index (χ1v) is 16.6. The SMILES string of the molecule is c1ccc2c(c1)sc1c(-c3ccc4c5ccc(-c6cccc7c6sc6ccccc67)cc5c5ccccc5c4c3)cccc12. The topological polar surface area (TPSA) is 0 Å². The Morgan fingerprint density at radius 3 is 1.14 bits per heavy atom. The van der Waals surface area contributed by atoms with Gasteiger partial charge >= 0.3 is 0 Å². The first kappa shape index (κ1) is 24.4. The number of thiophene rings is 2. The molecule has 8 aromatic carbocycles. The van der Waals surface area contributed by atoms with Crippen LogP contribution in [-0.4, -0.2) is 0 Å². The normalized spacial score (nSPS) is 12.1. The van der Waals surface area contributed by atoms with E-state index in [2.05, 4.69) is 146 Å². The van der Waals surface area contributed by atoms with Crippen molar-refractivity contribution in [3.05, 3.63) is 146 Å². The van der Waals surface area contributed by atoms with Crippen LogP contribution in [0.25, 0.3) is 94.9 Å². The van der Waals surface area contributed by atoms with Gasteiger partial charge in [0.2, 0.25) is 0 Å². The maximum absolute atomic E-state index is 2.42. The highest BCUT2D eigenvalue weighted by atomic mass is 32.1. The Labute approximate surface area is 262 Å². The molecule has 44 heavy (non-hydrogen) atoms. The zero-order chi connectivity index (χ0) is 28.8. The van der Waals surface area contributed by atoms with Crippen molar-refractivity contribution in [3.8, 4) is 22.3 Å². The molecule has 204 valence electrons. The molecule has 0 aliphatic carbocycles. The van der Waals surface area contributed by atoms with E-state index in [0.717, 1.165) is 0 Å². The maximum atomic E-state index is 2.42. The molecule has 2 heterocycles. The number of benzene rings is 8. The predicted octanol–water partition coefficient (Wildman–Crippen LogP) is 13.2. The van der Waals surface area contributed by atoms with Crippen LogP contribution >= 0.6 is 22.7 Å². The fraction of sp³-hybridized carbons (Fsp3) is 0. The first-order chi connectivity index (χ1) is 21.8. The van der Waals surface area contributed by atoms with Crippen LogP contribution < -0.4 is 0 Å². The van der Waals surface area contributed by atoms with E-state index in [9.17, 15) is 0 Å². The summed E-state index contributed by atoms with van der Waals surface area (Å²) >= 11 is 3.79. The average molecular weight is 593 g/mol. The van der Waals surface area contributed by atoms with Gasteiger partial charge in [-0.25, -0.2) is 0 Å². The van der Waals surface area contributed by atoms with Gasteiger partial charge in [-0.2, -0.15) is 0 Å². The fourth-order valence-corrected chi connectivity index (χ4v) is 9.72.